The number of allylic oxidation sites excluding steroid dienone is 2. The van der Waals surface area contributed by atoms with Gasteiger partial charge < -0.3 is 19.4 Å². The third-order valence-electron chi connectivity index (χ3n) is 4.15. The van der Waals surface area contributed by atoms with Crippen molar-refractivity contribution in [2.45, 2.75) is 26.7 Å². The van der Waals surface area contributed by atoms with Crippen LogP contribution in [0.15, 0.2) is 51.7 Å². The fourth-order valence-electron chi connectivity index (χ4n) is 2.66. The van der Waals surface area contributed by atoms with Crippen LogP contribution in [-0.2, 0) is 14.4 Å². The van der Waals surface area contributed by atoms with E-state index < -0.39 is 5.97 Å². The van der Waals surface area contributed by atoms with Crippen LogP contribution in [0.2, 0.25) is 0 Å². The van der Waals surface area contributed by atoms with Gasteiger partial charge in [-0.3, -0.25) is 0 Å². The fourth-order valence-corrected chi connectivity index (χ4v) is 2.66. The van der Waals surface area contributed by atoms with E-state index in [-0.39, 0.29) is 18.1 Å². The van der Waals surface area contributed by atoms with E-state index in [1.165, 1.54) is 25.4 Å². The number of ether oxygens (including phenoxy) is 2. The SMILES string of the molecule is CO/N=C(/C(=O)OC)C1=C(COc2cccc(O)c2)CC(C)=C(C)C1. The van der Waals surface area contributed by atoms with Crippen LogP contribution in [0.3, 0.4) is 0 Å². The molecule has 0 radical (unpaired) electrons. The first kappa shape index (κ1) is 18.6. The number of oxime groups is 1. The lowest BCUT2D eigenvalue weighted by molar-refractivity contribution is -0.132. The predicted octanol–water partition coefficient (Wildman–Crippen LogP) is 3.37. The van der Waals surface area contributed by atoms with Crippen molar-refractivity contribution in [1.82, 2.24) is 0 Å². The Kier molecular flexibility index (Phi) is 6.22. The van der Waals surface area contributed by atoms with Crippen LogP contribution in [0.25, 0.3) is 0 Å². The lowest BCUT2D eigenvalue weighted by Crippen LogP contribution is -2.24. The average molecular weight is 345 g/mol. The summed E-state index contributed by atoms with van der Waals surface area (Å²) in [6.45, 7) is 4.37. The first-order valence-corrected chi connectivity index (χ1v) is 7.94. The van der Waals surface area contributed by atoms with Crippen LogP contribution in [0.5, 0.6) is 11.5 Å². The fraction of sp³-hybridized carbons (Fsp3) is 0.368. The van der Waals surface area contributed by atoms with Crippen molar-refractivity contribution in [3.63, 3.8) is 0 Å². The maximum atomic E-state index is 12.1. The topological polar surface area (TPSA) is 77.4 Å². The van der Waals surface area contributed by atoms with Gasteiger partial charge in [0.25, 0.3) is 0 Å². The van der Waals surface area contributed by atoms with Gasteiger partial charge in [0.05, 0.1) is 7.11 Å². The van der Waals surface area contributed by atoms with Crippen LogP contribution >= 0.6 is 0 Å². The molecule has 0 saturated heterocycles. The maximum Gasteiger partial charge on any atom is 0.360 e. The highest BCUT2D eigenvalue weighted by Crippen LogP contribution is 2.31. The van der Waals surface area contributed by atoms with Crippen molar-refractivity contribution < 1.29 is 24.2 Å². The highest BCUT2D eigenvalue weighted by molar-refractivity contribution is 6.43. The molecule has 0 amide bonds. The Hall–Kier alpha value is -2.76. The van der Waals surface area contributed by atoms with Gasteiger partial charge in [0.2, 0.25) is 0 Å². The summed E-state index contributed by atoms with van der Waals surface area (Å²) in [5, 5.41) is 13.4. The molecule has 6 heteroatoms. The molecule has 0 bridgehead atoms. The smallest absolute Gasteiger partial charge is 0.360 e. The number of benzene rings is 1. The van der Waals surface area contributed by atoms with E-state index in [1.54, 1.807) is 24.3 Å². The zero-order valence-electron chi connectivity index (χ0n) is 15.0. The minimum absolute atomic E-state index is 0.137. The Labute approximate surface area is 147 Å². The van der Waals surface area contributed by atoms with E-state index in [1.807, 2.05) is 6.92 Å². The van der Waals surface area contributed by atoms with Crippen LogP contribution in [0.4, 0.5) is 0 Å². The van der Waals surface area contributed by atoms with Gasteiger partial charge in [-0.25, -0.2) is 4.79 Å². The number of carbonyl (C=O) groups is 1. The number of methoxy groups -OCH3 is 1. The Bertz CT molecular complexity index is 746. The van der Waals surface area contributed by atoms with Crippen LogP contribution in [-0.4, -0.2) is 37.6 Å². The van der Waals surface area contributed by atoms with Crippen molar-refractivity contribution in [3.05, 3.63) is 46.6 Å². The number of hydrogen-bond acceptors (Lipinski definition) is 6. The van der Waals surface area contributed by atoms with Gasteiger partial charge in [-0.05, 0) is 50.0 Å². The number of nitrogens with zero attached hydrogens (tertiary/aromatic N) is 1. The molecule has 6 nitrogen and oxygen atoms in total. The maximum absolute atomic E-state index is 12.1. The zero-order valence-corrected chi connectivity index (χ0v) is 15.0. The summed E-state index contributed by atoms with van der Waals surface area (Å²) in [7, 11) is 2.71. The van der Waals surface area contributed by atoms with Crippen molar-refractivity contribution in [2.24, 2.45) is 5.16 Å². The number of phenolic OH excluding ortho intramolecular Hbond substituents is 1. The number of esters is 1. The summed E-state index contributed by atoms with van der Waals surface area (Å²) >= 11 is 0. The summed E-state index contributed by atoms with van der Waals surface area (Å²) in [6.07, 6.45) is 1.27. The highest BCUT2D eigenvalue weighted by atomic mass is 16.6. The molecule has 1 aliphatic carbocycles. The Morgan fingerprint density at radius 1 is 1.20 bits per heavy atom. The molecule has 0 unspecified atom stereocenters. The van der Waals surface area contributed by atoms with Gasteiger partial charge >= 0.3 is 5.97 Å². The number of carbonyl (C=O) groups excluding carboxylic acids is 1. The third-order valence-corrected chi connectivity index (χ3v) is 4.15. The van der Waals surface area contributed by atoms with Crippen molar-refractivity contribution in [1.29, 1.82) is 0 Å². The lowest BCUT2D eigenvalue weighted by Gasteiger charge is -2.23. The molecule has 1 aromatic rings. The quantitative estimate of drug-likeness (QED) is 0.370. The van der Waals surface area contributed by atoms with Gasteiger partial charge in [-0.15, -0.1) is 0 Å². The molecular formula is C19H23NO5. The van der Waals surface area contributed by atoms with Gasteiger partial charge in [-0.1, -0.05) is 22.4 Å². The second kappa shape index (κ2) is 8.37. The van der Waals surface area contributed by atoms with E-state index in [4.69, 9.17) is 14.3 Å². The summed E-state index contributed by atoms with van der Waals surface area (Å²) in [4.78, 5) is 16.9. The molecule has 0 fully saturated rings. The number of hydrogen-bond donors (Lipinski definition) is 1. The lowest BCUT2D eigenvalue weighted by atomic mass is 9.85. The largest absolute Gasteiger partial charge is 0.508 e. The molecule has 134 valence electrons. The first-order chi connectivity index (χ1) is 12.0. The van der Waals surface area contributed by atoms with E-state index in [2.05, 4.69) is 12.1 Å². The van der Waals surface area contributed by atoms with E-state index in [0.29, 0.717) is 18.6 Å². The van der Waals surface area contributed by atoms with Gasteiger partial charge in [0.15, 0.2) is 5.71 Å². The first-order valence-electron chi connectivity index (χ1n) is 7.94. The summed E-state index contributed by atoms with van der Waals surface area (Å²) < 4.78 is 10.6. The van der Waals surface area contributed by atoms with Gasteiger partial charge in [0.1, 0.15) is 25.2 Å². The molecule has 25 heavy (non-hydrogen) atoms. The summed E-state index contributed by atoms with van der Waals surface area (Å²) in [5.41, 5.74) is 4.28. The monoisotopic (exact) mass is 345 g/mol. The highest BCUT2D eigenvalue weighted by Gasteiger charge is 2.26. The molecule has 0 aromatic heterocycles. The minimum atomic E-state index is -0.543. The van der Waals surface area contributed by atoms with Crippen LogP contribution in [0.1, 0.15) is 26.7 Å². The Morgan fingerprint density at radius 2 is 1.92 bits per heavy atom. The predicted molar refractivity (Wildman–Crippen MR) is 94.7 cm³/mol. The number of rotatable bonds is 6. The Morgan fingerprint density at radius 3 is 2.56 bits per heavy atom. The molecule has 0 aliphatic heterocycles. The van der Waals surface area contributed by atoms with Crippen LogP contribution < -0.4 is 4.74 Å². The van der Waals surface area contributed by atoms with Gasteiger partial charge in [-0.2, -0.15) is 0 Å². The van der Waals surface area contributed by atoms with Crippen molar-refractivity contribution in [3.8, 4) is 11.5 Å². The molecule has 1 aromatic carbocycles. The van der Waals surface area contributed by atoms with E-state index in [9.17, 15) is 9.90 Å². The molecule has 0 spiro atoms. The summed E-state index contributed by atoms with van der Waals surface area (Å²) in [6, 6.07) is 6.60. The molecular weight excluding hydrogens is 322 g/mol. The van der Waals surface area contributed by atoms with Crippen molar-refractivity contribution in [2.75, 3.05) is 20.8 Å². The second-order valence-corrected chi connectivity index (χ2v) is 5.90. The van der Waals surface area contributed by atoms with E-state index >= 15 is 0 Å². The Balaban J connectivity index is 2.32. The molecule has 1 N–H and O–H groups in total. The molecule has 0 atom stereocenters. The number of phenols is 1. The normalized spacial score (nSPS) is 15.3. The summed E-state index contributed by atoms with van der Waals surface area (Å²) in [5.74, 6) is 0.150. The molecule has 0 saturated carbocycles. The molecule has 0 heterocycles. The average Bonchev–Trinajstić information content (AvgIpc) is 2.60. The van der Waals surface area contributed by atoms with Gasteiger partial charge in [0, 0.05) is 6.07 Å². The van der Waals surface area contributed by atoms with E-state index in [0.717, 1.165) is 11.1 Å². The van der Waals surface area contributed by atoms with Crippen molar-refractivity contribution >= 4 is 11.7 Å². The number of aromatic hydroxyl groups is 1. The van der Waals surface area contributed by atoms with Crippen LogP contribution in [0, 0.1) is 0 Å². The zero-order chi connectivity index (χ0) is 18.4. The second-order valence-electron chi connectivity index (χ2n) is 5.90. The third kappa shape index (κ3) is 4.62. The standard InChI is InChI=1S/C19H23NO5/c1-12-8-14(11-25-16-7-5-6-15(21)10-16)17(9-13(12)2)18(20-24-4)19(22)23-3/h5-7,10,21H,8-9,11H2,1-4H3/b20-18+. The molecule has 2 rings (SSSR count). The molecule has 1 aliphatic rings. The minimum Gasteiger partial charge on any atom is -0.508 e.